The van der Waals surface area contributed by atoms with Gasteiger partial charge in [0.2, 0.25) is 0 Å². The van der Waals surface area contributed by atoms with Gasteiger partial charge in [-0.25, -0.2) is 8.42 Å². The lowest BCUT2D eigenvalue weighted by Crippen LogP contribution is -2.37. The number of carbonyl (C=O) groups excluding carboxylic acids is 1. The van der Waals surface area contributed by atoms with Crippen LogP contribution in [0.1, 0.15) is 16.7 Å². The average molecular weight is 449 g/mol. The van der Waals surface area contributed by atoms with E-state index >= 15 is 0 Å². The molecule has 2 fully saturated rings. The number of thioether (sulfide) groups is 1. The van der Waals surface area contributed by atoms with Gasteiger partial charge in [0.15, 0.2) is 15.0 Å². The molecule has 0 aliphatic carbocycles. The molecule has 0 spiro atoms. The number of hydrogen-bond acceptors (Lipinski definition) is 4. The lowest BCUT2D eigenvalue weighted by molar-refractivity contribution is -0.117. The van der Waals surface area contributed by atoms with Crippen LogP contribution >= 0.6 is 23.4 Å². The Morgan fingerprint density at radius 2 is 1.93 bits per heavy atom. The summed E-state index contributed by atoms with van der Waals surface area (Å²) in [7, 11) is -3.09. The van der Waals surface area contributed by atoms with Gasteiger partial charge in [0, 0.05) is 16.0 Å². The van der Waals surface area contributed by atoms with E-state index in [4.69, 9.17) is 11.6 Å². The Labute approximate surface area is 180 Å². The highest BCUT2D eigenvalue weighted by atomic mass is 35.5. The normalized spacial score (nSPS) is 24.1. The summed E-state index contributed by atoms with van der Waals surface area (Å²) in [6.07, 6.45) is 0.109. The third-order valence-electron chi connectivity index (χ3n) is 5.36. The molecule has 4 rings (SSSR count). The van der Waals surface area contributed by atoms with Gasteiger partial charge in [0.05, 0.1) is 24.0 Å². The Balaban J connectivity index is 1.67. The maximum Gasteiger partial charge on any atom is 0.252 e. The number of hydrogen-bond donors (Lipinski definition) is 0. The average Bonchev–Trinajstić information content (AvgIpc) is 3.10. The van der Waals surface area contributed by atoms with Crippen LogP contribution in [0.15, 0.2) is 47.5 Å². The number of aliphatic imine (C=N–C) groups is 1. The monoisotopic (exact) mass is 448 g/mol. The number of carbonyl (C=O) groups is 1. The van der Waals surface area contributed by atoms with Crippen LogP contribution in [0, 0.1) is 13.8 Å². The van der Waals surface area contributed by atoms with Crippen LogP contribution in [0.4, 0.5) is 5.69 Å². The van der Waals surface area contributed by atoms with E-state index in [1.165, 1.54) is 11.8 Å². The number of halogens is 1. The van der Waals surface area contributed by atoms with Gasteiger partial charge in [0.25, 0.3) is 5.91 Å². The van der Waals surface area contributed by atoms with Gasteiger partial charge in [-0.2, -0.15) is 4.99 Å². The molecule has 2 aromatic carbocycles. The molecule has 152 valence electrons. The lowest BCUT2D eigenvalue weighted by Gasteiger charge is -2.25. The third-order valence-corrected chi connectivity index (χ3v) is 8.93. The molecule has 2 aromatic rings. The first kappa shape index (κ1) is 20.4. The van der Waals surface area contributed by atoms with E-state index in [9.17, 15) is 13.2 Å². The maximum absolute atomic E-state index is 12.7. The molecule has 2 heterocycles. The highest BCUT2D eigenvalue weighted by molar-refractivity contribution is 8.16. The van der Waals surface area contributed by atoms with E-state index in [2.05, 4.69) is 4.99 Å². The van der Waals surface area contributed by atoms with Gasteiger partial charge in [-0.05, 0) is 48.7 Å². The summed E-state index contributed by atoms with van der Waals surface area (Å²) in [4.78, 5) is 19.0. The second kappa shape index (κ2) is 7.78. The van der Waals surface area contributed by atoms with Crippen molar-refractivity contribution < 1.29 is 13.2 Å². The molecule has 2 aliphatic heterocycles. The number of sulfone groups is 1. The maximum atomic E-state index is 12.7. The Bertz CT molecular complexity index is 1110. The SMILES string of the molecule is Cc1ccc(N2C(=NC(=O)Cc3ccccc3Cl)SC3CS(=O)(=O)CC32)cc1C. The van der Waals surface area contributed by atoms with Crippen molar-refractivity contribution in [3.05, 3.63) is 64.2 Å². The van der Waals surface area contributed by atoms with Crippen LogP contribution < -0.4 is 4.90 Å². The van der Waals surface area contributed by atoms with Crippen molar-refractivity contribution in [2.24, 2.45) is 4.99 Å². The van der Waals surface area contributed by atoms with Crippen LogP contribution in [-0.4, -0.2) is 42.3 Å². The van der Waals surface area contributed by atoms with Crippen molar-refractivity contribution in [1.82, 2.24) is 0 Å². The number of rotatable bonds is 3. The predicted molar refractivity (Wildman–Crippen MR) is 120 cm³/mol. The molecule has 0 aromatic heterocycles. The van der Waals surface area contributed by atoms with E-state index < -0.39 is 9.84 Å². The molecule has 2 saturated heterocycles. The minimum absolute atomic E-state index is 0.0787. The number of amides is 1. The predicted octanol–water partition coefficient (Wildman–Crippen LogP) is 3.80. The minimum atomic E-state index is -3.09. The van der Waals surface area contributed by atoms with Crippen molar-refractivity contribution in [2.75, 3.05) is 16.4 Å². The smallest absolute Gasteiger partial charge is 0.252 e. The molecule has 0 bridgehead atoms. The highest BCUT2D eigenvalue weighted by Crippen LogP contribution is 2.41. The number of aryl methyl sites for hydroxylation is 2. The Morgan fingerprint density at radius 3 is 2.66 bits per heavy atom. The van der Waals surface area contributed by atoms with Crippen molar-refractivity contribution >= 4 is 50.0 Å². The van der Waals surface area contributed by atoms with Crippen LogP contribution in [0.3, 0.4) is 0 Å². The Kier molecular flexibility index (Phi) is 5.48. The topological polar surface area (TPSA) is 66.8 Å². The van der Waals surface area contributed by atoms with Gasteiger partial charge in [-0.1, -0.05) is 47.6 Å². The second-order valence-electron chi connectivity index (χ2n) is 7.50. The molecule has 2 aliphatic rings. The molecule has 29 heavy (non-hydrogen) atoms. The fourth-order valence-corrected chi connectivity index (χ4v) is 7.83. The summed E-state index contributed by atoms with van der Waals surface area (Å²) in [6.45, 7) is 4.05. The zero-order valence-electron chi connectivity index (χ0n) is 16.1. The van der Waals surface area contributed by atoms with Crippen LogP contribution in [0.5, 0.6) is 0 Å². The number of anilines is 1. The molecular weight excluding hydrogens is 428 g/mol. The van der Waals surface area contributed by atoms with Crippen LogP contribution in [0.25, 0.3) is 0 Å². The molecule has 0 saturated carbocycles. The molecule has 8 heteroatoms. The highest BCUT2D eigenvalue weighted by Gasteiger charge is 2.49. The number of fused-ring (bicyclic) bond motifs is 1. The van der Waals surface area contributed by atoms with Gasteiger partial charge >= 0.3 is 0 Å². The lowest BCUT2D eigenvalue weighted by atomic mass is 10.1. The summed E-state index contributed by atoms with van der Waals surface area (Å²) in [6, 6.07) is 13.0. The largest absolute Gasteiger partial charge is 0.316 e. The second-order valence-corrected chi connectivity index (χ2v) is 11.3. The molecule has 0 N–H and O–H groups in total. The van der Waals surface area contributed by atoms with Gasteiger partial charge < -0.3 is 4.90 Å². The van der Waals surface area contributed by atoms with E-state index in [0.717, 1.165) is 22.4 Å². The van der Waals surface area contributed by atoms with Crippen molar-refractivity contribution in [2.45, 2.75) is 31.6 Å². The van der Waals surface area contributed by atoms with E-state index in [0.29, 0.717) is 10.2 Å². The standard InChI is InChI=1S/C21H21ClN2O3S2/c1-13-7-8-16(9-14(13)2)24-18-11-29(26,27)12-19(18)28-21(24)23-20(25)10-15-5-3-4-6-17(15)22/h3-9,18-19H,10-12H2,1-2H3. The fraction of sp³-hybridized carbons (Fsp3) is 0.333. The van der Waals surface area contributed by atoms with Gasteiger partial charge in [-0.3, -0.25) is 4.79 Å². The molecule has 0 radical (unpaired) electrons. The zero-order chi connectivity index (χ0) is 20.8. The van der Waals surface area contributed by atoms with E-state index in [1.807, 2.05) is 55.1 Å². The van der Waals surface area contributed by atoms with Crippen molar-refractivity contribution in [3.8, 4) is 0 Å². The zero-order valence-corrected chi connectivity index (χ0v) is 18.5. The van der Waals surface area contributed by atoms with Crippen molar-refractivity contribution in [3.63, 3.8) is 0 Å². The number of benzene rings is 2. The summed E-state index contributed by atoms with van der Waals surface area (Å²) in [5.74, 6) is -0.103. The van der Waals surface area contributed by atoms with Gasteiger partial charge in [0.1, 0.15) is 0 Å². The quantitative estimate of drug-likeness (QED) is 0.714. The summed E-state index contributed by atoms with van der Waals surface area (Å²) in [5.41, 5.74) is 3.87. The first-order valence-electron chi connectivity index (χ1n) is 9.32. The van der Waals surface area contributed by atoms with E-state index in [-0.39, 0.29) is 35.1 Å². The fourth-order valence-electron chi connectivity index (χ4n) is 3.69. The number of nitrogens with zero attached hydrogens (tertiary/aromatic N) is 2. The molecule has 2 unspecified atom stereocenters. The summed E-state index contributed by atoms with van der Waals surface area (Å²) >= 11 is 7.55. The summed E-state index contributed by atoms with van der Waals surface area (Å²) in [5, 5.41) is 0.984. The van der Waals surface area contributed by atoms with E-state index in [1.54, 1.807) is 6.07 Å². The van der Waals surface area contributed by atoms with Crippen LogP contribution in [-0.2, 0) is 21.1 Å². The first-order chi connectivity index (χ1) is 13.7. The molecular formula is C21H21ClN2O3S2. The van der Waals surface area contributed by atoms with Gasteiger partial charge in [-0.15, -0.1) is 0 Å². The minimum Gasteiger partial charge on any atom is -0.316 e. The Hall–Kier alpha value is -1.83. The molecule has 5 nitrogen and oxygen atoms in total. The number of amidine groups is 1. The molecule has 1 amide bonds. The summed E-state index contributed by atoms with van der Waals surface area (Å²) < 4.78 is 24.4. The third kappa shape index (κ3) is 4.22. The molecule has 2 atom stereocenters. The van der Waals surface area contributed by atoms with Crippen molar-refractivity contribution in [1.29, 1.82) is 0 Å². The Morgan fingerprint density at radius 1 is 1.17 bits per heavy atom. The van der Waals surface area contributed by atoms with Crippen LogP contribution in [0.2, 0.25) is 5.02 Å². The first-order valence-corrected chi connectivity index (χ1v) is 12.4.